The Hall–Kier alpha value is -0.383. The van der Waals surface area contributed by atoms with E-state index >= 15 is 0 Å². The van der Waals surface area contributed by atoms with Crippen molar-refractivity contribution in [2.45, 2.75) is 58.3 Å². The van der Waals surface area contributed by atoms with Crippen LogP contribution in [0.25, 0.3) is 0 Å². The van der Waals surface area contributed by atoms with E-state index in [2.05, 4.69) is 6.92 Å². The molecule has 90 valence electrons. The Morgan fingerprint density at radius 1 is 0.824 bits per heavy atom. The summed E-state index contributed by atoms with van der Waals surface area (Å²) in [5.41, 5.74) is 1.30. The molecule has 1 rings (SSSR count). The number of hydrogen-bond donors (Lipinski definition) is 0. The van der Waals surface area contributed by atoms with Crippen LogP contribution in [0.4, 0.5) is 0 Å². The van der Waals surface area contributed by atoms with Gasteiger partial charge >= 0.3 is 18.9 Å². The van der Waals surface area contributed by atoms with E-state index in [0.717, 1.165) is 6.42 Å². The van der Waals surface area contributed by atoms with Crippen LogP contribution >= 0.6 is 0 Å². The zero-order valence-electron chi connectivity index (χ0n) is 11.4. The largest absolute Gasteiger partial charge is 1.00 e. The van der Waals surface area contributed by atoms with Crippen molar-refractivity contribution in [2.75, 3.05) is 0 Å². The zero-order chi connectivity index (χ0) is 11.6. The third-order valence-electron chi connectivity index (χ3n) is 2.99. The summed E-state index contributed by atoms with van der Waals surface area (Å²) in [6.45, 7) is 2.25. The average Bonchev–Trinajstić information content (AvgIpc) is 2.30. The summed E-state index contributed by atoms with van der Waals surface area (Å²) in [6, 6.07) is 7.24. The molecule has 1 aromatic carbocycles. The number of hydrogen-bond acceptors (Lipinski definition) is 1. The summed E-state index contributed by atoms with van der Waals surface area (Å²) >= 11 is 0. The quantitative estimate of drug-likeness (QED) is 0.480. The molecule has 0 aliphatic heterocycles. The molecule has 1 aromatic rings. The molecule has 0 aliphatic carbocycles. The third kappa shape index (κ3) is 8.36. The van der Waals surface area contributed by atoms with Crippen molar-refractivity contribution in [2.24, 2.45) is 0 Å². The Labute approximate surface area is 118 Å². The van der Waals surface area contributed by atoms with Gasteiger partial charge in [-0.2, -0.15) is 0 Å². The van der Waals surface area contributed by atoms with Crippen LogP contribution in [-0.4, -0.2) is 0 Å². The molecule has 17 heavy (non-hydrogen) atoms. The molecule has 0 radical (unpaired) electrons. The number of rotatable bonds is 8. The van der Waals surface area contributed by atoms with E-state index in [-0.39, 0.29) is 24.6 Å². The second kappa shape index (κ2) is 10.8. The van der Waals surface area contributed by atoms with Crippen LogP contribution in [0, 0.1) is 0 Å². The van der Waals surface area contributed by atoms with E-state index in [4.69, 9.17) is 0 Å². The topological polar surface area (TPSA) is 23.1 Å². The van der Waals surface area contributed by atoms with Gasteiger partial charge in [0.1, 0.15) is 0 Å². The molecule has 0 aliphatic rings. The van der Waals surface area contributed by atoms with Crippen LogP contribution in [0.5, 0.6) is 5.75 Å². The van der Waals surface area contributed by atoms with Crippen LogP contribution in [0.15, 0.2) is 24.3 Å². The van der Waals surface area contributed by atoms with Crippen molar-refractivity contribution >= 4 is 0 Å². The maximum atomic E-state index is 10.9. The SMILES string of the molecule is CCCCCCCCCc1ccc([O-])cc1.[Li+]. The predicted molar refractivity (Wildman–Crippen MR) is 67.6 cm³/mol. The smallest absolute Gasteiger partial charge is 0.872 e. The Morgan fingerprint density at radius 3 is 1.94 bits per heavy atom. The standard InChI is InChI=1S/C15H24O.Li/c1-2-3-4-5-6-7-8-9-14-10-12-15(16)13-11-14;/h10-13,16H,2-9H2,1H3;/q;+1/p-1. The van der Waals surface area contributed by atoms with Crippen molar-refractivity contribution in [3.8, 4) is 5.75 Å². The second-order valence-corrected chi connectivity index (χ2v) is 4.52. The van der Waals surface area contributed by atoms with E-state index in [1.165, 1.54) is 50.5 Å². The Morgan fingerprint density at radius 2 is 1.35 bits per heavy atom. The van der Waals surface area contributed by atoms with Gasteiger partial charge in [0.2, 0.25) is 0 Å². The molecule has 0 bridgehead atoms. The minimum absolute atomic E-state index is 0. The van der Waals surface area contributed by atoms with Gasteiger partial charge in [-0.1, -0.05) is 69.7 Å². The van der Waals surface area contributed by atoms with E-state index in [9.17, 15) is 5.11 Å². The van der Waals surface area contributed by atoms with Crippen LogP contribution in [0.2, 0.25) is 0 Å². The Balaban J connectivity index is 0.00000256. The van der Waals surface area contributed by atoms with Crippen molar-refractivity contribution in [3.05, 3.63) is 29.8 Å². The Kier molecular flexibility index (Phi) is 10.5. The van der Waals surface area contributed by atoms with Gasteiger partial charge in [0.05, 0.1) is 0 Å². The molecule has 0 heterocycles. The maximum absolute atomic E-state index is 10.9. The van der Waals surface area contributed by atoms with Crippen molar-refractivity contribution in [1.29, 1.82) is 0 Å². The van der Waals surface area contributed by atoms with E-state index in [1.54, 1.807) is 12.1 Å². The summed E-state index contributed by atoms with van der Waals surface area (Å²) in [6.07, 6.45) is 10.5. The van der Waals surface area contributed by atoms with Crippen molar-refractivity contribution < 1.29 is 24.0 Å². The first-order chi connectivity index (χ1) is 7.83. The molecule has 0 unspecified atom stereocenters. The van der Waals surface area contributed by atoms with Gasteiger partial charge in [-0.3, -0.25) is 0 Å². The fourth-order valence-electron chi connectivity index (χ4n) is 1.94. The predicted octanol–water partition coefficient (Wildman–Crippen LogP) is 1.06. The van der Waals surface area contributed by atoms with E-state index < -0.39 is 0 Å². The summed E-state index contributed by atoms with van der Waals surface area (Å²) in [5, 5.41) is 10.9. The molecule has 0 saturated carbocycles. The van der Waals surface area contributed by atoms with Gasteiger partial charge in [0.25, 0.3) is 0 Å². The molecular weight excluding hydrogens is 203 g/mol. The maximum Gasteiger partial charge on any atom is 1.00 e. The molecule has 0 amide bonds. The second-order valence-electron chi connectivity index (χ2n) is 4.52. The zero-order valence-corrected chi connectivity index (χ0v) is 11.4. The number of benzene rings is 1. The number of aryl methyl sites for hydroxylation is 1. The minimum atomic E-state index is 0. The number of unbranched alkanes of at least 4 members (excludes halogenated alkanes) is 6. The molecule has 0 aromatic heterocycles. The molecular formula is C15H23LiO. The van der Waals surface area contributed by atoms with Crippen molar-refractivity contribution in [1.82, 2.24) is 0 Å². The molecule has 2 heteroatoms. The summed E-state index contributed by atoms with van der Waals surface area (Å²) in [5.74, 6) is 0.114. The molecule has 0 atom stereocenters. The monoisotopic (exact) mass is 226 g/mol. The van der Waals surface area contributed by atoms with Gasteiger partial charge in [-0.25, -0.2) is 0 Å². The molecule has 0 spiro atoms. The normalized spacial score (nSPS) is 9.94. The fourth-order valence-corrected chi connectivity index (χ4v) is 1.94. The molecule has 0 fully saturated rings. The van der Waals surface area contributed by atoms with Crippen LogP contribution in [0.3, 0.4) is 0 Å². The fraction of sp³-hybridized carbons (Fsp3) is 0.600. The molecule has 0 saturated heterocycles. The van der Waals surface area contributed by atoms with Gasteiger partial charge in [0, 0.05) is 0 Å². The van der Waals surface area contributed by atoms with Crippen LogP contribution in [-0.2, 0) is 6.42 Å². The van der Waals surface area contributed by atoms with Gasteiger partial charge < -0.3 is 5.11 Å². The summed E-state index contributed by atoms with van der Waals surface area (Å²) in [4.78, 5) is 0. The van der Waals surface area contributed by atoms with E-state index in [0.29, 0.717) is 0 Å². The van der Waals surface area contributed by atoms with Crippen LogP contribution < -0.4 is 24.0 Å². The molecule has 0 N–H and O–H groups in total. The first kappa shape index (κ1) is 16.6. The average molecular weight is 226 g/mol. The van der Waals surface area contributed by atoms with Gasteiger partial charge in [-0.15, -0.1) is 5.75 Å². The Bertz CT molecular complexity index is 269. The minimum Gasteiger partial charge on any atom is -0.872 e. The van der Waals surface area contributed by atoms with E-state index in [1.807, 2.05) is 12.1 Å². The third-order valence-corrected chi connectivity index (χ3v) is 2.99. The van der Waals surface area contributed by atoms with Crippen molar-refractivity contribution in [3.63, 3.8) is 0 Å². The van der Waals surface area contributed by atoms with Gasteiger partial charge in [-0.05, 0) is 18.4 Å². The van der Waals surface area contributed by atoms with Gasteiger partial charge in [0.15, 0.2) is 0 Å². The summed E-state index contributed by atoms with van der Waals surface area (Å²) in [7, 11) is 0. The first-order valence-corrected chi connectivity index (χ1v) is 6.59. The first-order valence-electron chi connectivity index (χ1n) is 6.59. The summed E-state index contributed by atoms with van der Waals surface area (Å²) < 4.78 is 0. The molecule has 1 nitrogen and oxygen atoms in total. The van der Waals surface area contributed by atoms with Crippen LogP contribution in [0.1, 0.15) is 57.4 Å².